The van der Waals surface area contributed by atoms with Gasteiger partial charge in [0, 0.05) is 6.26 Å². The molecule has 0 fully saturated rings. The van der Waals surface area contributed by atoms with Crippen molar-refractivity contribution >= 4 is 20.7 Å². The van der Waals surface area contributed by atoms with Crippen LogP contribution < -0.4 is 11.4 Å². The molecule has 1 aromatic heterocycles. The quantitative estimate of drug-likeness (QED) is 0.751. The van der Waals surface area contributed by atoms with Crippen molar-refractivity contribution in [2.75, 3.05) is 6.26 Å². The lowest BCUT2D eigenvalue weighted by molar-refractivity contribution is 0.460. The maximum atomic E-state index is 11.3. The van der Waals surface area contributed by atoms with Crippen molar-refractivity contribution in [2.45, 2.75) is 4.90 Å². The lowest BCUT2D eigenvalue weighted by Gasteiger charge is -1.99. The largest absolute Gasteiger partial charge is 0.419 e. The van der Waals surface area contributed by atoms with Crippen LogP contribution in [-0.2, 0) is 9.84 Å². The van der Waals surface area contributed by atoms with Crippen molar-refractivity contribution in [3.05, 3.63) is 39.2 Å². The molecule has 1 heterocycles. The Morgan fingerprint density at radius 1 is 1.25 bits per heavy atom. The molecule has 0 atom stereocenters. The average Bonchev–Trinajstić information content (AvgIpc) is 2.15. The minimum atomic E-state index is -3.37. The zero-order valence-corrected chi connectivity index (χ0v) is 9.00. The molecule has 0 unspecified atom stereocenters. The number of aromatic nitrogens is 1. The number of hydrogen-bond acceptors (Lipinski definition) is 5. The van der Waals surface area contributed by atoms with E-state index in [2.05, 4.69) is 9.40 Å². The fraction of sp³-hybridized carbons (Fsp3) is 0.111. The molecular weight excluding hydrogens is 234 g/mol. The van der Waals surface area contributed by atoms with Crippen LogP contribution in [0.1, 0.15) is 0 Å². The predicted octanol–water partition coefficient (Wildman–Crippen LogP) is -0.115. The summed E-state index contributed by atoms with van der Waals surface area (Å²) in [4.78, 5) is 24.4. The molecule has 6 nitrogen and oxygen atoms in total. The molecule has 7 heteroatoms. The Hall–Kier alpha value is -1.89. The highest BCUT2D eigenvalue weighted by Gasteiger charge is 2.10. The maximum absolute atomic E-state index is 11.3. The summed E-state index contributed by atoms with van der Waals surface area (Å²) < 4.78 is 26.8. The number of benzene rings is 1. The van der Waals surface area contributed by atoms with Crippen molar-refractivity contribution in [1.29, 1.82) is 0 Å². The van der Waals surface area contributed by atoms with E-state index < -0.39 is 21.2 Å². The summed E-state index contributed by atoms with van der Waals surface area (Å²) >= 11 is 0. The Morgan fingerprint density at radius 2 is 1.94 bits per heavy atom. The zero-order chi connectivity index (χ0) is 11.9. The molecule has 0 bridgehead atoms. The number of hydrogen-bond donors (Lipinski definition) is 1. The molecule has 0 radical (unpaired) electrons. The van der Waals surface area contributed by atoms with Gasteiger partial charge in [0.25, 0.3) is 0 Å². The molecule has 2 rings (SSSR count). The van der Waals surface area contributed by atoms with E-state index >= 15 is 0 Å². The van der Waals surface area contributed by atoms with Gasteiger partial charge in [-0.15, -0.1) is 0 Å². The van der Waals surface area contributed by atoms with Gasteiger partial charge in [-0.3, -0.25) is 4.98 Å². The first kappa shape index (κ1) is 10.6. The molecule has 0 aliphatic rings. The summed E-state index contributed by atoms with van der Waals surface area (Å²) in [6, 6.07) is 3.81. The number of H-pyrrole nitrogens is 1. The molecule has 0 aliphatic heterocycles. The van der Waals surface area contributed by atoms with Gasteiger partial charge in [-0.25, -0.2) is 18.0 Å². The van der Waals surface area contributed by atoms with Crippen LogP contribution >= 0.6 is 0 Å². The number of aromatic amines is 1. The van der Waals surface area contributed by atoms with Gasteiger partial charge in [-0.05, 0) is 18.2 Å². The van der Waals surface area contributed by atoms with Crippen LogP contribution in [0.25, 0.3) is 10.9 Å². The Bertz CT molecular complexity index is 768. The summed E-state index contributed by atoms with van der Waals surface area (Å²) in [5, 5.41) is 0.131. The van der Waals surface area contributed by atoms with Gasteiger partial charge < -0.3 is 4.42 Å². The molecule has 16 heavy (non-hydrogen) atoms. The van der Waals surface area contributed by atoms with Crippen LogP contribution in [0.3, 0.4) is 0 Å². The smallest absolute Gasteiger partial charge is 0.372 e. The highest BCUT2D eigenvalue weighted by atomic mass is 32.2. The molecule has 0 saturated carbocycles. The minimum Gasteiger partial charge on any atom is -0.372 e. The summed E-state index contributed by atoms with van der Waals surface area (Å²) in [7, 11) is -3.37. The zero-order valence-electron chi connectivity index (χ0n) is 8.18. The van der Waals surface area contributed by atoms with Crippen LogP contribution in [0.15, 0.2) is 37.1 Å². The summed E-state index contributed by atoms with van der Waals surface area (Å²) in [5.74, 6) is -0.914. The van der Waals surface area contributed by atoms with E-state index in [1.165, 1.54) is 18.2 Å². The van der Waals surface area contributed by atoms with Gasteiger partial charge in [-0.2, -0.15) is 0 Å². The van der Waals surface area contributed by atoms with Crippen LogP contribution in [0.2, 0.25) is 0 Å². The SMILES string of the molecule is CS(=O)(=O)c1ccc2c(=O)oc(=O)[nH]c2c1. The third-order valence-corrected chi connectivity index (χ3v) is 3.17. The molecule has 0 amide bonds. The van der Waals surface area contributed by atoms with Gasteiger partial charge in [0.1, 0.15) is 0 Å². The third-order valence-electron chi connectivity index (χ3n) is 2.06. The number of nitrogens with one attached hydrogen (secondary N) is 1. The number of sulfone groups is 1. The van der Waals surface area contributed by atoms with Crippen molar-refractivity contribution < 1.29 is 12.8 Å². The number of rotatable bonds is 1. The van der Waals surface area contributed by atoms with Gasteiger partial charge >= 0.3 is 11.4 Å². The molecule has 2 aromatic rings. The Labute approximate surface area is 89.5 Å². The van der Waals surface area contributed by atoms with E-state index in [-0.39, 0.29) is 15.8 Å². The van der Waals surface area contributed by atoms with Crippen LogP contribution in [-0.4, -0.2) is 19.7 Å². The molecule has 1 aromatic carbocycles. The number of fused-ring (bicyclic) bond motifs is 1. The second-order valence-electron chi connectivity index (χ2n) is 3.28. The van der Waals surface area contributed by atoms with E-state index in [9.17, 15) is 18.0 Å². The highest BCUT2D eigenvalue weighted by molar-refractivity contribution is 7.90. The highest BCUT2D eigenvalue weighted by Crippen LogP contribution is 2.13. The summed E-state index contributed by atoms with van der Waals surface area (Å²) in [6.45, 7) is 0. The van der Waals surface area contributed by atoms with E-state index in [4.69, 9.17) is 0 Å². The van der Waals surface area contributed by atoms with Gasteiger partial charge in [-0.1, -0.05) is 0 Å². The topological polar surface area (TPSA) is 97.2 Å². The first-order valence-corrected chi connectivity index (χ1v) is 6.14. The maximum Gasteiger partial charge on any atom is 0.419 e. The predicted molar refractivity (Wildman–Crippen MR) is 56.2 cm³/mol. The van der Waals surface area contributed by atoms with Crippen LogP contribution in [0, 0.1) is 0 Å². The van der Waals surface area contributed by atoms with E-state index in [0.717, 1.165) is 6.26 Å². The van der Waals surface area contributed by atoms with Crippen molar-refractivity contribution in [3.63, 3.8) is 0 Å². The molecule has 0 aliphatic carbocycles. The normalized spacial score (nSPS) is 11.8. The summed E-state index contributed by atoms with van der Waals surface area (Å²) in [6.07, 6.45) is 1.04. The first-order valence-electron chi connectivity index (χ1n) is 4.25. The standard InChI is InChI=1S/C9H7NO5S/c1-16(13,14)5-2-3-6-7(4-5)10-9(12)15-8(6)11/h2-4H,1H3,(H,10,12). The average molecular weight is 241 g/mol. The lowest BCUT2D eigenvalue weighted by Crippen LogP contribution is -2.14. The fourth-order valence-electron chi connectivity index (χ4n) is 1.31. The molecular formula is C9H7NO5S. The minimum absolute atomic E-state index is 0.0289. The van der Waals surface area contributed by atoms with E-state index in [0.29, 0.717) is 0 Å². The Balaban J connectivity index is 2.92. The monoisotopic (exact) mass is 241 g/mol. The molecule has 1 N–H and O–H groups in total. The second kappa shape index (κ2) is 3.31. The van der Waals surface area contributed by atoms with Crippen molar-refractivity contribution in [3.8, 4) is 0 Å². The second-order valence-corrected chi connectivity index (χ2v) is 5.30. The molecule has 84 valence electrons. The third kappa shape index (κ3) is 1.76. The summed E-state index contributed by atoms with van der Waals surface area (Å²) in [5.41, 5.74) is -0.650. The van der Waals surface area contributed by atoms with Gasteiger partial charge in [0.2, 0.25) is 0 Å². The Morgan fingerprint density at radius 3 is 2.56 bits per heavy atom. The first-order chi connectivity index (χ1) is 7.38. The van der Waals surface area contributed by atoms with Crippen LogP contribution in [0.4, 0.5) is 0 Å². The van der Waals surface area contributed by atoms with Crippen molar-refractivity contribution in [2.24, 2.45) is 0 Å². The van der Waals surface area contributed by atoms with Gasteiger partial charge in [0.15, 0.2) is 9.84 Å². The van der Waals surface area contributed by atoms with Crippen LogP contribution in [0.5, 0.6) is 0 Å². The van der Waals surface area contributed by atoms with E-state index in [1.54, 1.807) is 0 Å². The van der Waals surface area contributed by atoms with Gasteiger partial charge in [0.05, 0.1) is 15.8 Å². The van der Waals surface area contributed by atoms with Crippen molar-refractivity contribution in [1.82, 2.24) is 4.98 Å². The molecule has 0 saturated heterocycles. The molecule has 0 spiro atoms. The van der Waals surface area contributed by atoms with E-state index in [1.807, 2.05) is 0 Å². The lowest BCUT2D eigenvalue weighted by atomic mass is 10.2. The Kier molecular flexibility index (Phi) is 2.20. The fourth-order valence-corrected chi connectivity index (χ4v) is 1.96.